The number of aryl methyl sites for hydroxylation is 1. The lowest BCUT2D eigenvalue weighted by Crippen LogP contribution is -2.53. The summed E-state index contributed by atoms with van der Waals surface area (Å²) in [6, 6.07) is 11.6. The van der Waals surface area contributed by atoms with E-state index in [4.69, 9.17) is 4.74 Å². The first-order valence-corrected chi connectivity index (χ1v) is 10.2. The number of Topliss-reactive ketones (excluding diaryl/α,β-unsaturated/α-hetero) is 1. The monoisotopic (exact) mass is 420 g/mol. The summed E-state index contributed by atoms with van der Waals surface area (Å²) < 4.78 is 18.6. The summed E-state index contributed by atoms with van der Waals surface area (Å²) in [7, 11) is 0. The summed E-state index contributed by atoms with van der Waals surface area (Å²) in [6.07, 6.45) is 3.62. The van der Waals surface area contributed by atoms with Gasteiger partial charge >= 0.3 is 0 Å². The molecule has 1 aliphatic rings. The molecule has 2 aromatic heterocycles. The van der Waals surface area contributed by atoms with Gasteiger partial charge in [-0.3, -0.25) is 14.8 Å². The first kappa shape index (κ1) is 21.3. The van der Waals surface area contributed by atoms with Crippen molar-refractivity contribution in [2.45, 2.75) is 38.2 Å². The van der Waals surface area contributed by atoms with E-state index in [2.05, 4.69) is 9.97 Å². The highest BCUT2D eigenvalue weighted by atomic mass is 19.1. The molecule has 0 saturated carbocycles. The molecule has 1 N–H and O–H groups in total. The summed E-state index contributed by atoms with van der Waals surface area (Å²) in [6.45, 7) is 5.94. The molecule has 0 aliphatic carbocycles. The minimum atomic E-state index is -1.04. The molecule has 31 heavy (non-hydrogen) atoms. The van der Waals surface area contributed by atoms with E-state index in [1.807, 2.05) is 25.1 Å². The molecule has 0 bridgehead atoms. The lowest BCUT2D eigenvalue weighted by Gasteiger charge is -2.40. The number of halogens is 1. The zero-order valence-electron chi connectivity index (χ0n) is 17.9. The summed E-state index contributed by atoms with van der Waals surface area (Å²) in [5.41, 5.74) is 2.75. The lowest BCUT2D eigenvalue weighted by molar-refractivity contribution is -0.142. The topological polar surface area (TPSA) is 72.3 Å². The molecular formula is C25H25FN2O3. The number of benzene rings is 1. The number of hydrogen-bond acceptors (Lipinski definition) is 5. The van der Waals surface area contributed by atoms with Gasteiger partial charge in [0.15, 0.2) is 5.78 Å². The Labute approximate surface area is 180 Å². The number of rotatable bonds is 6. The lowest BCUT2D eigenvalue weighted by atomic mass is 9.73. The molecule has 3 heterocycles. The van der Waals surface area contributed by atoms with Gasteiger partial charge in [0.1, 0.15) is 11.2 Å². The molecular weight excluding hydrogens is 395 g/mol. The second-order valence-electron chi connectivity index (χ2n) is 8.66. The normalized spacial score (nSPS) is 15.4. The SMILES string of the molecule is Cc1cc(C(C)(C)O)c(-c2ccc(C3(C(=O)Cc4ccc(F)cc4)COC3)cn2)cn1. The number of hydrogen-bond donors (Lipinski definition) is 1. The summed E-state index contributed by atoms with van der Waals surface area (Å²) in [4.78, 5) is 22.1. The van der Waals surface area contributed by atoms with Gasteiger partial charge in [-0.15, -0.1) is 0 Å². The Hall–Kier alpha value is -2.96. The fourth-order valence-corrected chi connectivity index (χ4v) is 3.86. The van der Waals surface area contributed by atoms with Gasteiger partial charge in [-0.25, -0.2) is 4.39 Å². The summed E-state index contributed by atoms with van der Waals surface area (Å²) in [5, 5.41) is 10.6. The zero-order valence-corrected chi connectivity index (χ0v) is 17.9. The van der Waals surface area contributed by atoms with E-state index >= 15 is 0 Å². The van der Waals surface area contributed by atoms with E-state index in [9.17, 15) is 14.3 Å². The van der Waals surface area contributed by atoms with E-state index in [0.29, 0.717) is 18.9 Å². The van der Waals surface area contributed by atoms with Crippen LogP contribution in [0.15, 0.2) is 54.9 Å². The van der Waals surface area contributed by atoms with Gasteiger partial charge in [0, 0.05) is 30.1 Å². The van der Waals surface area contributed by atoms with Crippen LogP contribution in [0.4, 0.5) is 4.39 Å². The Balaban J connectivity index is 1.63. The van der Waals surface area contributed by atoms with Crippen molar-refractivity contribution in [1.29, 1.82) is 0 Å². The van der Waals surface area contributed by atoms with Crippen LogP contribution in [-0.2, 0) is 27.0 Å². The Morgan fingerprint density at radius 3 is 2.39 bits per heavy atom. The third-order valence-electron chi connectivity index (χ3n) is 5.80. The van der Waals surface area contributed by atoms with Gasteiger partial charge in [-0.1, -0.05) is 18.2 Å². The van der Waals surface area contributed by atoms with Crippen molar-refractivity contribution in [3.63, 3.8) is 0 Å². The molecule has 0 amide bonds. The molecule has 5 nitrogen and oxygen atoms in total. The quantitative estimate of drug-likeness (QED) is 0.655. The standard InChI is InChI=1S/C25H25FN2O3/c1-16-10-21(24(2,3)30)20(13-27-16)22-9-6-18(12-28-22)25(14-31-15-25)23(29)11-17-4-7-19(26)8-5-17/h4-10,12-13,30H,11,14-15H2,1-3H3. The molecule has 0 atom stereocenters. The minimum Gasteiger partial charge on any atom is -0.386 e. The fraction of sp³-hybridized carbons (Fsp3) is 0.320. The Morgan fingerprint density at radius 2 is 1.84 bits per heavy atom. The molecule has 0 unspecified atom stereocenters. The number of carbonyl (C=O) groups is 1. The van der Waals surface area contributed by atoms with Gasteiger partial charge in [0.2, 0.25) is 0 Å². The van der Waals surface area contributed by atoms with Crippen LogP contribution >= 0.6 is 0 Å². The Kier molecular flexibility index (Phi) is 5.45. The van der Waals surface area contributed by atoms with Crippen molar-refractivity contribution in [3.05, 3.63) is 83.1 Å². The van der Waals surface area contributed by atoms with Crippen molar-refractivity contribution < 1.29 is 19.0 Å². The fourth-order valence-electron chi connectivity index (χ4n) is 3.86. The minimum absolute atomic E-state index is 0.0223. The predicted molar refractivity (Wildman–Crippen MR) is 115 cm³/mol. The second kappa shape index (κ2) is 7.94. The van der Waals surface area contributed by atoms with Crippen LogP contribution in [0, 0.1) is 12.7 Å². The molecule has 6 heteroatoms. The van der Waals surface area contributed by atoms with E-state index in [-0.39, 0.29) is 18.0 Å². The van der Waals surface area contributed by atoms with E-state index in [0.717, 1.165) is 27.9 Å². The second-order valence-corrected chi connectivity index (χ2v) is 8.66. The number of nitrogens with zero attached hydrogens (tertiary/aromatic N) is 2. The van der Waals surface area contributed by atoms with E-state index in [1.54, 1.807) is 38.4 Å². The molecule has 1 aromatic carbocycles. The Morgan fingerprint density at radius 1 is 1.13 bits per heavy atom. The number of ether oxygens (including phenoxy) is 1. The maximum atomic E-state index is 13.2. The summed E-state index contributed by atoms with van der Waals surface area (Å²) in [5.74, 6) is -0.303. The highest BCUT2D eigenvalue weighted by molar-refractivity contribution is 5.93. The highest BCUT2D eigenvalue weighted by Crippen LogP contribution is 2.36. The van der Waals surface area contributed by atoms with E-state index in [1.165, 1.54) is 12.1 Å². The third-order valence-corrected chi connectivity index (χ3v) is 5.80. The smallest absolute Gasteiger partial charge is 0.152 e. The number of pyridine rings is 2. The number of carbonyl (C=O) groups excluding carboxylic acids is 1. The first-order valence-electron chi connectivity index (χ1n) is 10.2. The largest absolute Gasteiger partial charge is 0.386 e. The molecule has 3 aromatic rings. The number of ketones is 1. The molecule has 1 aliphatic heterocycles. The van der Waals surface area contributed by atoms with Crippen LogP contribution in [0.3, 0.4) is 0 Å². The van der Waals surface area contributed by atoms with Crippen molar-refractivity contribution in [1.82, 2.24) is 9.97 Å². The van der Waals surface area contributed by atoms with E-state index < -0.39 is 11.0 Å². The van der Waals surface area contributed by atoms with Gasteiger partial charge < -0.3 is 9.84 Å². The zero-order chi connectivity index (χ0) is 22.2. The average Bonchev–Trinajstić information content (AvgIpc) is 2.69. The van der Waals surface area contributed by atoms with Crippen molar-refractivity contribution in [3.8, 4) is 11.3 Å². The molecule has 4 rings (SSSR count). The molecule has 1 fully saturated rings. The Bertz CT molecular complexity index is 1100. The van der Waals surface area contributed by atoms with Crippen LogP contribution in [0.25, 0.3) is 11.3 Å². The first-order chi connectivity index (χ1) is 14.7. The maximum Gasteiger partial charge on any atom is 0.152 e. The van der Waals surface area contributed by atoms with Crippen molar-refractivity contribution in [2.75, 3.05) is 13.2 Å². The number of aliphatic hydroxyl groups is 1. The van der Waals surface area contributed by atoms with Crippen LogP contribution in [0.2, 0.25) is 0 Å². The number of aromatic nitrogens is 2. The van der Waals surface area contributed by atoms with Crippen LogP contribution in [-0.4, -0.2) is 34.1 Å². The van der Waals surface area contributed by atoms with Gasteiger partial charge in [-0.05, 0) is 61.7 Å². The van der Waals surface area contributed by atoms with Crippen LogP contribution in [0.5, 0.6) is 0 Å². The van der Waals surface area contributed by atoms with Gasteiger partial charge in [-0.2, -0.15) is 0 Å². The van der Waals surface area contributed by atoms with Gasteiger partial charge in [0.25, 0.3) is 0 Å². The molecule has 1 saturated heterocycles. The third kappa shape index (κ3) is 4.13. The molecule has 160 valence electrons. The van der Waals surface area contributed by atoms with Crippen molar-refractivity contribution in [2.24, 2.45) is 0 Å². The predicted octanol–water partition coefficient (Wildman–Crippen LogP) is 3.90. The highest BCUT2D eigenvalue weighted by Gasteiger charge is 2.47. The van der Waals surface area contributed by atoms with Crippen LogP contribution < -0.4 is 0 Å². The molecule has 0 radical (unpaired) electrons. The van der Waals surface area contributed by atoms with Crippen molar-refractivity contribution >= 4 is 5.78 Å². The summed E-state index contributed by atoms with van der Waals surface area (Å²) >= 11 is 0. The van der Waals surface area contributed by atoms with Gasteiger partial charge in [0.05, 0.1) is 24.5 Å². The molecule has 0 spiro atoms. The van der Waals surface area contributed by atoms with Crippen LogP contribution in [0.1, 0.15) is 36.2 Å². The average molecular weight is 420 g/mol. The maximum absolute atomic E-state index is 13.2.